The van der Waals surface area contributed by atoms with E-state index in [1.165, 1.54) is 4.57 Å². The molecule has 0 saturated heterocycles. The van der Waals surface area contributed by atoms with Crippen LogP contribution in [0, 0.1) is 0 Å². The number of halogens is 2. The summed E-state index contributed by atoms with van der Waals surface area (Å²) in [6.07, 6.45) is 2.35. The van der Waals surface area contributed by atoms with Crippen molar-refractivity contribution in [2.45, 2.75) is 13.0 Å². The predicted molar refractivity (Wildman–Crippen MR) is 107 cm³/mol. The molecule has 7 nitrogen and oxygen atoms in total. The smallest absolute Gasteiger partial charge is 0.328 e. The zero-order valence-electron chi connectivity index (χ0n) is 14.8. The van der Waals surface area contributed by atoms with Crippen molar-refractivity contribution >= 4 is 46.6 Å². The van der Waals surface area contributed by atoms with E-state index in [4.69, 9.17) is 28.3 Å². The van der Waals surface area contributed by atoms with Gasteiger partial charge in [-0.2, -0.15) is 0 Å². The molecule has 1 aliphatic heterocycles. The van der Waals surface area contributed by atoms with E-state index in [1.54, 1.807) is 6.07 Å². The van der Waals surface area contributed by atoms with E-state index in [0.29, 0.717) is 41.1 Å². The summed E-state index contributed by atoms with van der Waals surface area (Å²) in [6, 6.07) is 5.31. The van der Waals surface area contributed by atoms with Crippen LogP contribution >= 0.6 is 23.2 Å². The SMILES string of the molecule is CN1CC(c2cc(Cl)cc(Cl)c2)=Cc2[nH]c(=O)n(CC(=O)NCCCO)c21. The highest BCUT2D eigenvalue weighted by Crippen LogP contribution is 2.32. The average molecular weight is 411 g/mol. The highest BCUT2D eigenvalue weighted by molar-refractivity contribution is 6.35. The number of hydrogen-bond acceptors (Lipinski definition) is 4. The van der Waals surface area contributed by atoms with Gasteiger partial charge < -0.3 is 20.3 Å². The number of nitrogens with zero attached hydrogens (tertiary/aromatic N) is 2. The number of aromatic nitrogens is 2. The molecule has 3 rings (SSSR count). The number of likely N-dealkylation sites (N-methyl/N-ethyl adjacent to an activating group) is 1. The van der Waals surface area contributed by atoms with Crippen LogP contribution in [-0.2, 0) is 11.3 Å². The molecule has 0 atom stereocenters. The Kier molecular flexibility index (Phi) is 5.94. The van der Waals surface area contributed by atoms with Crippen LogP contribution in [0.2, 0.25) is 10.0 Å². The second kappa shape index (κ2) is 8.21. The number of amides is 1. The zero-order chi connectivity index (χ0) is 19.6. The number of carbonyl (C=O) groups is 1. The highest BCUT2D eigenvalue weighted by Gasteiger charge is 2.24. The first kappa shape index (κ1) is 19.5. The monoisotopic (exact) mass is 410 g/mol. The van der Waals surface area contributed by atoms with Gasteiger partial charge in [0.2, 0.25) is 5.91 Å². The molecular weight excluding hydrogens is 391 g/mol. The molecule has 0 saturated carbocycles. The number of aliphatic hydroxyl groups excluding tert-OH is 1. The Hall–Kier alpha value is -2.22. The third-order valence-electron chi connectivity index (χ3n) is 4.26. The topological polar surface area (TPSA) is 90.4 Å². The number of anilines is 1. The van der Waals surface area contributed by atoms with Crippen molar-refractivity contribution in [1.29, 1.82) is 0 Å². The Morgan fingerprint density at radius 2 is 2.00 bits per heavy atom. The zero-order valence-corrected chi connectivity index (χ0v) is 16.3. The summed E-state index contributed by atoms with van der Waals surface area (Å²) in [5.74, 6) is 0.367. The van der Waals surface area contributed by atoms with E-state index in [9.17, 15) is 9.59 Å². The summed E-state index contributed by atoms with van der Waals surface area (Å²) < 4.78 is 1.40. The van der Waals surface area contributed by atoms with Gasteiger partial charge in [-0.25, -0.2) is 4.79 Å². The van der Waals surface area contributed by atoms with Crippen LogP contribution < -0.4 is 15.9 Å². The molecule has 1 aromatic heterocycles. The van der Waals surface area contributed by atoms with E-state index in [2.05, 4.69) is 10.3 Å². The summed E-state index contributed by atoms with van der Waals surface area (Å²) in [5.41, 5.74) is 2.10. The van der Waals surface area contributed by atoms with Crippen molar-refractivity contribution in [3.8, 4) is 0 Å². The third-order valence-corrected chi connectivity index (χ3v) is 4.70. The summed E-state index contributed by atoms with van der Waals surface area (Å²) in [5, 5.41) is 12.5. The minimum absolute atomic E-state index is 0.00358. The van der Waals surface area contributed by atoms with E-state index in [0.717, 1.165) is 11.1 Å². The summed E-state index contributed by atoms with van der Waals surface area (Å²) in [6.45, 7) is 0.815. The van der Waals surface area contributed by atoms with Gasteiger partial charge in [0.25, 0.3) is 0 Å². The fourth-order valence-corrected chi connectivity index (χ4v) is 3.64. The molecule has 0 bridgehead atoms. The quantitative estimate of drug-likeness (QED) is 0.634. The number of nitrogens with one attached hydrogen (secondary N) is 2. The molecule has 0 spiro atoms. The van der Waals surface area contributed by atoms with Crippen LogP contribution in [0.5, 0.6) is 0 Å². The number of aromatic amines is 1. The number of fused-ring (bicyclic) bond motifs is 1. The standard InChI is InChI=1S/C18H20Cl2N4O3/c1-23-9-12(11-5-13(19)8-14(20)6-11)7-15-17(23)24(18(27)22-15)10-16(26)21-3-2-4-25/h5-8,25H,2-4,9-10H2,1H3,(H,21,26)(H,22,27). The van der Waals surface area contributed by atoms with Gasteiger partial charge in [0.1, 0.15) is 12.4 Å². The maximum atomic E-state index is 12.4. The molecule has 1 aliphatic rings. The van der Waals surface area contributed by atoms with Crippen LogP contribution in [0.15, 0.2) is 23.0 Å². The van der Waals surface area contributed by atoms with Crippen molar-refractivity contribution < 1.29 is 9.90 Å². The van der Waals surface area contributed by atoms with Crippen molar-refractivity contribution in [2.24, 2.45) is 0 Å². The highest BCUT2D eigenvalue weighted by atomic mass is 35.5. The van der Waals surface area contributed by atoms with Crippen LogP contribution in [0.25, 0.3) is 11.6 Å². The van der Waals surface area contributed by atoms with Crippen molar-refractivity contribution in [3.63, 3.8) is 0 Å². The number of H-pyrrole nitrogens is 1. The predicted octanol–water partition coefficient (Wildman–Crippen LogP) is 1.97. The minimum atomic E-state index is -0.356. The van der Waals surface area contributed by atoms with Gasteiger partial charge in [-0.1, -0.05) is 23.2 Å². The third kappa shape index (κ3) is 4.37. The summed E-state index contributed by atoms with van der Waals surface area (Å²) >= 11 is 12.2. The number of imidazole rings is 1. The number of rotatable bonds is 6. The lowest BCUT2D eigenvalue weighted by molar-refractivity contribution is -0.121. The molecule has 2 heterocycles. The van der Waals surface area contributed by atoms with Crippen LogP contribution in [-0.4, -0.2) is 47.3 Å². The Labute approximate surface area is 166 Å². The molecule has 9 heteroatoms. The maximum absolute atomic E-state index is 12.4. The van der Waals surface area contributed by atoms with Crippen molar-refractivity contribution in [1.82, 2.24) is 14.9 Å². The lowest BCUT2D eigenvalue weighted by atomic mass is 10.0. The Balaban J connectivity index is 1.90. The summed E-state index contributed by atoms with van der Waals surface area (Å²) in [4.78, 5) is 29.1. The minimum Gasteiger partial charge on any atom is -0.396 e. The number of benzene rings is 1. The molecule has 27 heavy (non-hydrogen) atoms. The Morgan fingerprint density at radius 3 is 2.67 bits per heavy atom. The fraction of sp³-hybridized carbons (Fsp3) is 0.333. The Morgan fingerprint density at radius 1 is 1.30 bits per heavy atom. The molecule has 1 aromatic carbocycles. The first-order valence-corrected chi connectivity index (χ1v) is 9.23. The van der Waals surface area contributed by atoms with Crippen LogP contribution in [0.1, 0.15) is 17.7 Å². The van der Waals surface area contributed by atoms with Gasteiger partial charge in [-0.3, -0.25) is 9.36 Å². The lowest BCUT2D eigenvalue weighted by Gasteiger charge is -2.27. The second-order valence-electron chi connectivity index (χ2n) is 6.36. The summed E-state index contributed by atoms with van der Waals surface area (Å²) in [7, 11) is 1.85. The molecule has 0 unspecified atom stereocenters. The van der Waals surface area contributed by atoms with Gasteiger partial charge in [-0.05, 0) is 41.8 Å². The molecule has 0 radical (unpaired) electrons. The average Bonchev–Trinajstić information content (AvgIpc) is 2.90. The van der Waals surface area contributed by atoms with E-state index in [-0.39, 0.29) is 24.7 Å². The van der Waals surface area contributed by atoms with Gasteiger partial charge in [0.05, 0.1) is 5.69 Å². The molecule has 1 amide bonds. The molecule has 0 fully saturated rings. The van der Waals surface area contributed by atoms with Gasteiger partial charge in [0, 0.05) is 36.8 Å². The molecule has 2 aromatic rings. The first-order chi connectivity index (χ1) is 12.9. The largest absolute Gasteiger partial charge is 0.396 e. The molecular formula is C18H20Cl2N4O3. The first-order valence-electron chi connectivity index (χ1n) is 8.47. The van der Waals surface area contributed by atoms with E-state index < -0.39 is 0 Å². The van der Waals surface area contributed by atoms with E-state index in [1.807, 2.05) is 30.2 Å². The van der Waals surface area contributed by atoms with Gasteiger partial charge in [0.15, 0.2) is 0 Å². The van der Waals surface area contributed by atoms with E-state index >= 15 is 0 Å². The normalized spacial score (nSPS) is 13.3. The number of hydrogen-bond donors (Lipinski definition) is 3. The van der Waals surface area contributed by atoms with Gasteiger partial charge in [-0.15, -0.1) is 0 Å². The van der Waals surface area contributed by atoms with Gasteiger partial charge >= 0.3 is 5.69 Å². The molecule has 144 valence electrons. The maximum Gasteiger partial charge on any atom is 0.328 e. The lowest BCUT2D eigenvalue weighted by Crippen LogP contribution is -2.34. The van der Waals surface area contributed by atoms with Crippen molar-refractivity contribution in [2.75, 3.05) is 31.6 Å². The van der Waals surface area contributed by atoms with Crippen LogP contribution in [0.4, 0.5) is 5.82 Å². The van der Waals surface area contributed by atoms with Crippen LogP contribution in [0.3, 0.4) is 0 Å². The van der Waals surface area contributed by atoms with Crippen molar-refractivity contribution in [3.05, 3.63) is 50.0 Å². The fourth-order valence-electron chi connectivity index (χ4n) is 3.11. The second-order valence-corrected chi connectivity index (χ2v) is 7.24. The molecule has 3 N–H and O–H groups in total. The number of carbonyl (C=O) groups excluding carboxylic acids is 1. The molecule has 0 aliphatic carbocycles. The number of aliphatic hydroxyl groups is 1. The Bertz CT molecular complexity index is 928.